The van der Waals surface area contributed by atoms with Crippen molar-refractivity contribution in [3.05, 3.63) is 0 Å². The van der Waals surface area contributed by atoms with Crippen molar-refractivity contribution in [1.29, 1.82) is 0 Å². The van der Waals surface area contributed by atoms with Crippen LogP contribution >= 0.6 is 0 Å². The lowest BCUT2D eigenvalue weighted by Crippen LogP contribution is -2.51. The SMILES string of the molecule is CCCCCCCC(=O)N(CCCC)C(CC(C)(CC)CC)C(C)(CC)CC. The average molecular weight is 396 g/mol. The Balaban J connectivity index is 5.55. The van der Waals surface area contributed by atoms with Gasteiger partial charge in [-0.3, -0.25) is 4.79 Å². The van der Waals surface area contributed by atoms with Gasteiger partial charge >= 0.3 is 0 Å². The van der Waals surface area contributed by atoms with Gasteiger partial charge in [-0.25, -0.2) is 0 Å². The molecule has 0 rings (SSSR count). The average Bonchev–Trinajstić information content (AvgIpc) is 2.72. The van der Waals surface area contributed by atoms with Gasteiger partial charge in [0, 0.05) is 19.0 Å². The molecule has 0 bridgehead atoms. The molecule has 0 saturated heterocycles. The van der Waals surface area contributed by atoms with E-state index < -0.39 is 0 Å². The largest absolute Gasteiger partial charge is 0.339 e. The van der Waals surface area contributed by atoms with Gasteiger partial charge in [-0.1, -0.05) is 100 Å². The predicted molar refractivity (Wildman–Crippen MR) is 126 cm³/mol. The molecular weight excluding hydrogens is 342 g/mol. The smallest absolute Gasteiger partial charge is 0.222 e. The molecule has 28 heavy (non-hydrogen) atoms. The van der Waals surface area contributed by atoms with Crippen molar-refractivity contribution in [3.8, 4) is 0 Å². The van der Waals surface area contributed by atoms with Gasteiger partial charge in [0.15, 0.2) is 0 Å². The van der Waals surface area contributed by atoms with Gasteiger partial charge in [0.1, 0.15) is 0 Å². The lowest BCUT2D eigenvalue weighted by Gasteiger charge is -2.47. The highest BCUT2D eigenvalue weighted by atomic mass is 16.2. The van der Waals surface area contributed by atoms with Crippen molar-refractivity contribution in [2.45, 2.75) is 145 Å². The van der Waals surface area contributed by atoms with Crippen molar-refractivity contribution in [3.63, 3.8) is 0 Å². The minimum atomic E-state index is 0.206. The first-order chi connectivity index (χ1) is 13.3. The topological polar surface area (TPSA) is 20.3 Å². The summed E-state index contributed by atoms with van der Waals surface area (Å²) in [5.41, 5.74) is 0.527. The third-order valence-corrected chi connectivity index (χ3v) is 7.76. The zero-order valence-corrected chi connectivity index (χ0v) is 20.8. The van der Waals surface area contributed by atoms with Gasteiger partial charge in [-0.15, -0.1) is 0 Å². The second-order valence-corrected chi connectivity index (χ2v) is 9.70. The van der Waals surface area contributed by atoms with Crippen LogP contribution in [-0.2, 0) is 4.79 Å². The van der Waals surface area contributed by atoms with E-state index in [0.717, 1.165) is 51.5 Å². The Morgan fingerprint density at radius 3 is 1.75 bits per heavy atom. The Hall–Kier alpha value is -0.530. The Morgan fingerprint density at radius 1 is 0.750 bits per heavy atom. The highest BCUT2D eigenvalue weighted by Gasteiger charge is 2.40. The maximum atomic E-state index is 13.4. The maximum Gasteiger partial charge on any atom is 0.222 e. The highest BCUT2D eigenvalue weighted by molar-refractivity contribution is 5.76. The number of carbonyl (C=O) groups excluding carboxylic acids is 1. The summed E-state index contributed by atoms with van der Waals surface area (Å²) < 4.78 is 0. The van der Waals surface area contributed by atoms with Crippen LogP contribution in [0.25, 0.3) is 0 Å². The van der Waals surface area contributed by atoms with Gasteiger partial charge in [-0.2, -0.15) is 0 Å². The minimum Gasteiger partial charge on any atom is -0.339 e. The summed E-state index contributed by atoms with van der Waals surface area (Å²) in [5.74, 6) is 0.414. The molecule has 0 saturated carbocycles. The monoisotopic (exact) mass is 395 g/mol. The van der Waals surface area contributed by atoms with Gasteiger partial charge in [-0.05, 0) is 42.9 Å². The predicted octanol–water partition coefficient (Wildman–Crippen LogP) is 8.39. The molecule has 1 unspecified atom stereocenters. The molecule has 0 N–H and O–H groups in total. The highest BCUT2D eigenvalue weighted by Crippen LogP contribution is 2.42. The van der Waals surface area contributed by atoms with Crippen molar-refractivity contribution in [2.24, 2.45) is 10.8 Å². The van der Waals surface area contributed by atoms with E-state index in [-0.39, 0.29) is 5.41 Å². The molecule has 2 nitrogen and oxygen atoms in total. The van der Waals surface area contributed by atoms with E-state index in [4.69, 9.17) is 0 Å². The van der Waals surface area contributed by atoms with E-state index in [2.05, 4.69) is 60.3 Å². The summed E-state index contributed by atoms with van der Waals surface area (Å²) in [4.78, 5) is 15.7. The maximum absolute atomic E-state index is 13.4. The van der Waals surface area contributed by atoms with Crippen molar-refractivity contribution in [2.75, 3.05) is 6.54 Å². The van der Waals surface area contributed by atoms with Crippen LogP contribution in [0.15, 0.2) is 0 Å². The Kier molecular flexibility index (Phi) is 14.2. The molecule has 0 aromatic rings. The van der Waals surface area contributed by atoms with Crippen LogP contribution in [0.4, 0.5) is 0 Å². The molecule has 0 aliphatic carbocycles. The van der Waals surface area contributed by atoms with Crippen molar-refractivity contribution >= 4 is 5.91 Å². The number of hydrogen-bond acceptors (Lipinski definition) is 1. The second kappa shape index (κ2) is 14.5. The molecule has 0 radical (unpaired) electrons. The third-order valence-electron chi connectivity index (χ3n) is 7.76. The molecular formula is C26H53NO. The molecule has 0 aliphatic rings. The van der Waals surface area contributed by atoms with E-state index in [0.29, 0.717) is 17.4 Å². The van der Waals surface area contributed by atoms with E-state index in [9.17, 15) is 4.79 Å². The fourth-order valence-electron chi connectivity index (χ4n) is 4.27. The number of nitrogens with zero attached hydrogens (tertiary/aromatic N) is 1. The van der Waals surface area contributed by atoms with E-state index >= 15 is 0 Å². The number of unbranched alkanes of at least 4 members (excludes halogenated alkanes) is 5. The van der Waals surface area contributed by atoms with E-state index in [1.807, 2.05) is 0 Å². The van der Waals surface area contributed by atoms with E-state index in [1.165, 1.54) is 38.5 Å². The number of amides is 1. The molecule has 0 spiro atoms. The quantitative estimate of drug-likeness (QED) is 0.226. The zero-order chi connectivity index (χ0) is 21.6. The lowest BCUT2D eigenvalue weighted by molar-refractivity contribution is -0.138. The number of carbonyl (C=O) groups is 1. The molecule has 1 amide bonds. The molecule has 0 heterocycles. The standard InChI is InChI=1S/C26H53NO/c1-9-15-17-18-19-20-24(28)27(21-16-10-2)23(26(8,13-5)14-6)22-25(7,11-3)12-4/h23H,9-22H2,1-8H3. The fourth-order valence-corrected chi connectivity index (χ4v) is 4.27. The molecule has 0 fully saturated rings. The van der Waals surface area contributed by atoms with Crippen LogP contribution in [0.2, 0.25) is 0 Å². The van der Waals surface area contributed by atoms with Crippen LogP contribution < -0.4 is 0 Å². The first kappa shape index (κ1) is 27.5. The third kappa shape index (κ3) is 8.87. The first-order valence-corrected chi connectivity index (χ1v) is 12.6. The molecule has 1 atom stereocenters. The summed E-state index contributed by atoms with van der Waals surface area (Å²) >= 11 is 0. The summed E-state index contributed by atoms with van der Waals surface area (Å²) in [7, 11) is 0. The summed E-state index contributed by atoms with van der Waals surface area (Å²) in [6.45, 7) is 19.6. The molecule has 0 aliphatic heterocycles. The number of rotatable bonds is 17. The van der Waals surface area contributed by atoms with Crippen LogP contribution in [0.3, 0.4) is 0 Å². The molecule has 168 valence electrons. The minimum absolute atomic E-state index is 0.206. The normalized spacial score (nSPS) is 13.6. The lowest BCUT2D eigenvalue weighted by atomic mass is 9.68. The first-order valence-electron chi connectivity index (χ1n) is 12.6. The Labute approximate surface area is 178 Å². The van der Waals surface area contributed by atoms with Gasteiger partial charge in [0.25, 0.3) is 0 Å². The van der Waals surface area contributed by atoms with Crippen molar-refractivity contribution in [1.82, 2.24) is 4.90 Å². The van der Waals surface area contributed by atoms with Crippen LogP contribution in [0, 0.1) is 10.8 Å². The van der Waals surface area contributed by atoms with Gasteiger partial charge < -0.3 is 4.90 Å². The Bertz CT molecular complexity index is 395. The second-order valence-electron chi connectivity index (χ2n) is 9.70. The fraction of sp³-hybridized carbons (Fsp3) is 0.962. The van der Waals surface area contributed by atoms with E-state index in [1.54, 1.807) is 0 Å². The van der Waals surface area contributed by atoms with Gasteiger partial charge in [0.05, 0.1) is 0 Å². The summed E-state index contributed by atoms with van der Waals surface area (Å²) in [5, 5.41) is 0. The van der Waals surface area contributed by atoms with Crippen LogP contribution in [-0.4, -0.2) is 23.4 Å². The van der Waals surface area contributed by atoms with Gasteiger partial charge in [0.2, 0.25) is 5.91 Å². The summed E-state index contributed by atoms with van der Waals surface area (Å²) in [6, 6.07) is 0.363. The molecule has 0 aromatic heterocycles. The van der Waals surface area contributed by atoms with Crippen LogP contribution in [0.1, 0.15) is 139 Å². The van der Waals surface area contributed by atoms with Crippen LogP contribution in [0.5, 0.6) is 0 Å². The zero-order valence-electron chi connectivity index (χ0n) is 20.8. The Morgan fingerprint density at radius 2 is 1.29 bits per heavy atom. The molecule has 2 heteroatoms. The number of hydrogen-bond donors (Lipinski definition) is 0. The molecule has 0 aromatic carbocycles. The van der Waals surface area contributed by atoms with Crippen molar-refractivity contribution < 1.29 is 4.79 Å². The summed E-state index contributed by atoms with van der Waals surface area (Å²) in [6.07, 6.45) is 14.9.